The Bertz CT molecular complexity index is 934. The number of nitrogens with zero attached hydrogens (tertiary/aromatic N) is 1. The zero-order chi connectivity index (χ0) is 20.2. The van der Waals surface area contributed by atoms with Crippen LogP contribution in [0.15, 0.2) is 48.5 Å². The number of ether oxygens (including phenoxy) is 2. The van der Waals surface area contributed by atoms with Gasteiger partial charge in [-0.15, -0.1) is 0 Å². The second kappa shape index (κ2) is 8.34. The van der Waals surface area contributed by atoms with Gasteiger partial charge in [0.25, 0.3) is 0 Å². The Morgan fingerprint density at radius 1 is 1.03 bits per heavy atom. The molecule has 0 aliphatic carbocycles. The molecule has 0 spiro atoms. The number of benzene rings is 2. The Kier molecular flexibility index (Phi) is 5.46. The van der Waals surface area contributed by atoms with Crippen molar-refractivity contribution < 1.29 is 23.5 Å². The molecule has 1 fully saturated rings. The Labute approximate surface area is 167 Å². The molecule has 2 aliphatic rings. The highest BCUT2D eigenvalue weighted by Crippen LogP contribution is 2.34. The van der Waals surface area contributed by atoms with Crippen molar-refractivity contribution in [2.75, 3.05) is 25.2 Å². The summed E-state index contributed by atoms with van der Waals surface area (Å²) in [4.78, 5) is 26.6. The standard InChI is InChI=1S/C22H21FN2O4/c23-17-4-1-15(2-5-17)3-8-21(26)25-11-9-16(10-12-25)22(27)24-18-6-7-19-20(13-18)29-14-28-19/h1-8,13,16H,9-12,14H2,(H,24,27). The van der Waals surface area contributed by atoms with E-state index in [0.29, 0.717) is 43.1 Å². The minimum Gasteiger partial charge on any atom is -0.454 e. The van der Waals surface area contributed by atoms with Gasteiger partial charge >= 0.3 is 0 Å². The van der Waals surface area contributed by atoms with E-state index in [1.165, 1.54) is 18.2 Å². The van der Waals surface area contributed by atoms with Crippen molar-refractivity contribution in [3.63, 3.8) is 0 Å². The minimum atomic E-state index is -0.311. The normalized spacial score (nSPS) is 16.2. The molecule has 0 saturated carbocycles. The molecule has 29 heavy (non-hydrogen) atoms. The van der Waals surface area contributed by atoms with Crippen molar-refractivity contribution in [3.05, 3.63) is 59.9 Å². The predicted octanol–water partition coefficient (Wildman–Crippen LogP) is 3.44. The van der Waals surface area contributed by atoms with Gasteiger partial charge in [-0.3, -0.25) is 9.59 Å². The van der Waals surface area contributed by atoms with Gasteiger partial charge in [0.05, 0.1) is 0 Å². The van der Waals surface area contributed by atoms with Crippen LogP contribution in [0.25, 0.3) is 6.08 Å². The Balaban J connectivity index is 1.27. The first-order valence-electron chi connectivity index (χ1n) is 9.51. The SMILES string of the molecule is O=C(Nc1ccc2c(c1)OCO2)C1CCN(C(=O)C=Cc2ccc(F)cc2)CC1. The van der Waals surface area contributed by atoms with Crippen LogP contribution in [0.2, 0.25) is 0 Å². The topological polar surface area (TPSA) is 67.9 Å². The zero-order valence-corrected chi connectivity index (χ0v) is 15.8. The van der Waals surface area contributed by atoms with Gasteiger partial charge < -0.3 is 19.7 Å². The van der Waals surface area contributed by atoms with Crippen molar-refractivity contribution in [1.82, 2.24) is 4.90 Å². The fraction of sp³-hybridized carbons (Fsp3) is 0.273. The van der Waals surface area contributed by atoms with E-state index in [9.17, 15) is 14.0 Å². The summed E-state index contributed by atoms with van der Waals surface area (Å²) in [6.07, 6.45) is 4.36. The van der Waals surface area contributed by atoms with Gasteiger partial charge in [-0.05, 0) is 48.7 Å². The maximum atomic E-state index is 12.9. The average Bonchev–Trinajstić information content (AvgIpc) is 3.21. The minimum absolute atomic E-state index is 0.0576. The fourth-order valence-corrected chi connectivity index (χ4v) is 3.43. The molecule has 2 heterocycles. The van der Waals surface area contributed by atoms with E-state index in [1.807, 2.05) is 0 Å². The summed E-state index contributed by atoms with van der Waals surface area (Å²) in [5.74, 6) is 0.668. The Morgan fingerprint density at radius 2 is 1.76 bits per heavy atom. The summed E-state index contributed by atoms with van der Waals surface area (Å²) in [6, 6.07) is 11.2. The number of fused-ring (bicyclic) bond motifs is 1. The number of hydrogen-bond acceptors (Lipinski definition) is 4. The van der Waals surface area contributed by atoms with Crippen LogP contribution in [0.5, 0.6) is 11.5 Å². The first-order valence-corrected chi connectivity index (χ1v) is 9.51. The second-order valence-electron chi connectivity index (χ2n) is 7.04. The van der Waals surface area contributed by atoms with Gasteiger partial charge in [0, 0.05) is 36.8 Å². The fourth-order valence-electron chi connectivity index (χ4n) is 3.43. The molecule has 0 unspecified atom stereocenters. The molecule has 1 N–H and O–H groups in total. The molecule has 2 aliphatic heterocycles. The summed E-state index contributed by atoms with van der Waals surface area (Å²) >= 11 is 0. The van der Waals surface area contributed by atoms with E-state index >= 15 is 0 Å². The highest BCUT2D eigenvalue weighted by atomic mass is 19.1. The summed E-state index contributed by atoms with van der Waals surface area (Å²) < 4.78 is 23.5. The number of hydrogen-bond donors (Lipinski definition) is 1. The van der Waals surface area contributed by atoms with Gasteiger partial charge in [0.2, 0.25) is 18.6 Å². The maximum Gasteiger partial charge on any atom is 0.246 e. The van der Waals surface area contributed by atoms with Gasteiger partial charge in [-0.2, -0.15) is 0 Å². The summed E-state index contributed by atoms with van der Waals surface area (Å²) in [5.41, 5.74) is 1.43. The number of halogens is 1. The average molecular weight is 396 g/mol. The number of nitrogens with one attached hydrogen (secondary N) is 1. The molecule has 0 aromatic heterocycles. The van der Waals surface area contributed by atoms with Crippen LogP contribution >= 0.6 is 0 Å². The molecule has 6 nitrogen and oxygen atoms in total. The molecule has 150 valence electrons. The van der Waals surface area contributed by atoms with Crippen LogP contribution in [0.1, 0.15) is 18.4 Å². The van der Waals surface area contributed by atoms with Crippen LogP contribution in [0.3, 0.4) is 0 Å². The molecule has 0 radical (unpaired) electrons. The largest absolute Gasteiger partial charge is 0.454 e. The van der Waals surface area contributed by atoms with Gasteiger partial charge in [-0.1, -0.05) is 12.1 Å². The van der Waals surface area contributed by atoms with Crippen molar-refractivity contribution in [2.45, 2.75) is 12.8 Å². The lowest BCUT2D eigenvalue weighted by Crippen LogP contribution is -2.40. The lowest BCUT2D eigenvalue weighted by Gasteiger charge is -2.30. The van der Waals surface area contributed by atoms with Crippen molar-refractivity contribution in [3.8, 4) is 11.5 Å². The molecule has 2 aromatic carbocycles. The summed E-state index contributed by atoms with van der Waals surface area (Å²) in [6.45, 7) is 1.23. The van der Waals surface area contributed by atoms with Crippen LogP contribution in [0.4, 0.5) is 10.1 Å². The first kappa shape index (κ1) is 19.0. The van der Waals surface area contributed by atoms with Crippen molar-refractivity contribution in [2.24, 2.45) is 5.92 Å². The predicted molar refractivity (Wildman–Crippen MR) is 106 cm³/mol. The number of rotatable bonds is 4. The van der Waals surface area contributed by atoms with Crippen molar-refractivity contribution >= 4 is 23.6 Å². The van der Waals surface area contributed by atoms with Crippen LogP contribution in [-0.2, 0) is 9.59 Å². The number of carbonyl (C=O) groups is 2. The van der Waals surface area contributed by atoms with E-state index in [2.05, 4.69) is 5.32 Å². The molecule has 0 bridgehead atoms. The summed E-state index contributed by atoms with van der Waals surface area (Å²) in [5, 5.41) is 2.91. The second-order valence-corrected chi connectivity index (χ2v) is 7.04. The van der Waals surface area contributed by atoms with Gasteiger partial charge in [0.15, 0.2) is 11.5 Å². The van der Waals surface area contributed by atoms with Crippen LogP contribution < -0.4 is 14.8 Å². The first-order chi connectivity index (χ1) is 14.1. The zero-order valence-electron chi connectivity index (χ0n) is 15.8. The molecule has 0 atom stereocenters. The van der Waals surface area contributed by atoms with E-state index in [-0.39, 0.29) is 30.3 Å². The molecule has 2 amide bonds. The molecular weight excluding hydrogens is 375 g/mol. The molecule has 4 rings (SSSR count). The number of likely N-dealkylation sites (tertiary alicyclic amines) is 1. The van der Waals surface area contributed by atoms with Crippen LogP contribution in [-0.4, -0.2) is 36.6 Å². The third kappa shape index (κ3) is 4.56. The van der Waals surface area contributed by atoms with Crippen LogP contribution in [0, 0.1) is 11.7 Å². The lowest BCUT2D eigenvalue weighted by molar-refractivity contribution is -0.130. The lowest BCUT2D eigenvalue weighted by atomic mass is 9.95. The van der Waals surface area contributed by atoms with E-state index in [4.69, 9.17) is 9.47 Å². The third-order valence-electron chi connectivity index (χ3n) is 5.11. The Morgan fingerprint density at radius 3 is 2.52 bits per heavy atom. The third-order valence-corrected chi connectivity index (χ3v) is 5.11. The quantitative estimate of drug-likeness (QED) is 0.804. The number of anilines is 1. The molecule has 7 heteroatoms. The van der Waals surface area contributed by atoms with E-state index < -0.39 is 0 Å². The Hall–Kier alpha value is -3.35. The smallest absolute Gasteiger partial charge is 0.246 e. The number of amides is 2. The monoisotopic (exact) mass is 396 g/mol. The number of carbonyl (C=O) groups excluding carboxylic acids is 2. The number of piperidine rings is 1. The summed E-state index contributed by atoms with van der Waals surface area (Å²) in [7, 11) is 0. The highest BCUT2D eigenvalue weighted by Gasteiger charge is 2.27. The van der Waals surface area contributed by atoms with Gasteiger partial charge in [0.1, 0.15) is 5.82 Å². The molecule has 1 saturated heterocycles. The maximum absolute atomic E-state index is 12.9. The van der Waals surface area contributed by atoms with E-state index in [1.54, 1.807) is 41.3 Å². The van der Waals surface area contributed by atoms with Crippen molar-refractivity contribution in [1.29, 1.82) is 0 Å². The highest BCUT2D eigenvalue weighted by molar-refractivity contribution is 5.94. The molecule has 2 aromatic rings. The van der Waals surface area contributed by atoms with E-state index in [0.717, 1.165) is 5.56 Å². The molecular formula is C22H21FN2O4. The van der Waals surface area contributed by atoms with Gasteiger partial charge in [-0.25, -0.2) is 4.39 Å².